The first-order valence-electron chi connectivity index (χ1n) is 8.35. The van der Waals surface area contributed by atoms with E-state index in [1.165, 1.54) is 17.0 Å². The second kappa shape index (κ2) is 5.68. The number of carbonyl (C=O) groups excluding carboxylic acids is 2. The Bertz CT molecular complexity index is 855. The molecule has 1 N–H and O–H groups in total. The van der Waals surface area contributed by atoms with Crippen molar-refractivity contribution in [3.8, 4) is 0 Å². The van der Waals surface area contributed by atoms with Crippen molar-refractivity contribution in [3.05, 3.63) is 41.4 Å². The lowest BCUT2D eigenvalue weighted by molar-refractivity contribution is -0.134. The number of hydrogen-bond donors (Lipinski definition) is 1. The maximum Gasteiger partial charge on any atom is 0.316 e. The Morgan fingerprint density at radius 3 is 2.76 bits per heavy atom. The van der Waals surface area contributed by atoms with Gasteiger partial charge in [0.25, 0.3) is 0 Å². The minimum Gasteiger partial charge on any atom is -0.360 e. The largest absolute Gasteiger partial charge is 0.360 e. The van der Waals surface area contributed by atoms with Gasteiger partial charge in [-0.25, -0.2) is 4.39 Å². The molecular formula is C18H18FN3O3. The average molecular weight is 343 g/mol. The molecule has 0 unspecified atom stereocenters. The average Bonchev–Trinajstić information content (AvgIpc) is 3.29. The Morgan fingerprint density at radius 2 is 2.08 bits per heavy atom. The van der Waals surface area contributed by atoms with Gasteiger partial charge in [0, 0.05) is 23.6 Å². The highest BCUT2D eigenvalue weighted by atomic mass is 19.1. The fraction of sp³-hybridized carbons (Fsp3) is 0.389. The van der Waals surface area contributed by atoms with Gasteiger partial charge in [0.15, 0.2) is 5.82 Å². The quantitative estimate of drug-likeness (QED) is 0.808. The molecule has 0 bridgehead atoms. The Labute approximate surface area is 144 Å². The molecule has 1 aliphatic carbocycles. The van der Waals surface area contributed by atoms with Gasteiger partial charge < -0.3 is 9.42 Å². The topological polar surface area (TPSA) is 75.4 Å². The molecule has 1 fully saturated rings. The van der Waals surface area contributed by atoms with E-state index in [0.29, 0.717) is 23.6 Å². The lowest BCUT2D eigenvalue weighted by atomic mass is 9.80. The first kappa shape index (κ1) is 15.8. The third kappa shape index (κ3) is 2.50. The molecule has 7 heteroatoms. The SMILES string of the molecule is Cc1cc(NC(=O)C(=O)N2CC3(CCCC3)c3c(F)cccc32)no1. The van der Waals surface area contributed by atoms with Gasteiger partial charge in [-0.05, 0) is 31.9 Å². The summed E-state index contributed by atoms with van der Waals surface area (Å²) in [6.07, 6.45) is 3.66. The fourth-order valence-corrected chi connectivity index (χ4v) is 4.09. The number of amides is 2. The van der Waals surface area contributed by atoms with Crippen LogP contribution in [0, 0.1) is 12.7 Å². The van der Waals surface area contributed by atoms with Gasteiger partial charge in [-0.15, -0.1) is 0 Å². The minimum absolute atomic E-state index is 0.185. The van der Waals surface area contributed by atoms with Crippen molar-refractivity contribution in [2.24, 2.45) is 0 Å². The summed E-state index contributed by atoms with van der Waals surface area (Å²) in [6, 6.07) is 6.23. The number of fused-ring (bicyclic) bond motifs is 2. The monoisotopic (exact) mass is 343 g/mol. The Hall–Kier alpha value is -2.70. The number of rotatable bonds is 1. The number of aromatic nitrogens is 1. The Balaban J connectivity index is 1.64. The zero-order chi connectivity index (χ0) is 17.6. The third-order valence-electron chi connectivity index (χ3n) is 5.14. The molecule has 4 rings (SSSR count). The van der Waals surface area contributed by atoms with E-state index in [4.69, 9.17) is 4.52 Å². The molecule has 25 heavy (non-hydrogen) atoms. The van der Waals surface area contributed by atoms with E-state index in [0.717, 1.165) is 25.7 Å². The van der Waals surface area contributed by atoms with Crippen LogP contribution in [0.1, 0.15) is 37.0 Å². The van der Waals surface area contributed by atoms with Gasteiger partial charge in [0.2, 0.25) is 0 Å². The normalized spacial score (nSPS) is 17.8. The van der Waals surface area contributed by atoms with Crippen molar-refractivity contribution in [2.75, 3.05) is 16.8 Å². The third-order valence-corrected chi connectivity index (χ3v) is 5.14. The number of halogens is 1. The summed E-state index contributed by atoms with van der Waals surface area (Å²) in [5, 5.41) is 6.09. The van der Waals surface area contributed by atoms with Gasteiger partial charge in [0.1, 0.15) is 11.6 Å². The van der Waals surface area contributed by atoms with Crippen LogP contribution < -0.4 is 10.2 Å². The van der Waals surface area contributed by atoms with Crippen LogP contribution in [0.5, 0.6) is 0 Å². The number of aryl methyl sites for hydroxylation is 1. The van der Waals surface area contributed by atoms with E-state index < -0.39 is 11.8 Å². The standard InChI is InChI=1S/C18H18FN3O3/c1-11-9-14(21-25-11)20-16(23)17(24)22-10-18(7-2-3-8-18)15-12(19)5-4-6-13(15)22/h4-6,9H,2-3,7-8,10H2,1H3,(H,20,21,23). The van der Waals surface area contributed by atoms with E-state index in [-0.39, 0.29) is 17.1 Å². The molecule has 130 valence electrons. The maximum atomic E-state index is 14.5. The van der Waals surface area contributed by atoms with Crippen LogP contribution >= 0.6 is 0 Å². The van der Waals surface area contributed by atoms with Crippen molar-refractivity contribution in [1.82, 2.24) is 5.16 Å². The van der Waals surface area contributed by atoms with E-state index in [9.17, 15) is 14.0 Å². The molecule has 1 saturated carbocycles. The summed E-state index contributed by atoms with van der Waals surface area (Å²) in [7, 11) is 0. The molecule has 6 nitrogen and oxygen atoms in total. The smallest absolute Gasteiger partial charge is 0.316 e. The van der Waals surface area contributed by atoms with E-state index in [2.05, 4.69) is 10.5 Å². The van der Waals surface area contributed by atoms with Crippen molar-refractivity contribution in [1.29, 1.82) is 0 Å². The summed E-state index contributed by atoms with van der Waals surface area (Å²) < 4.78 is 19.4. The molecule has 1 aromatic carbocycles. The number of hydrogen-bond acceptors (Lipinski definition) is 4. The number of carbonyl (C=O) groups is 2. The van der Waals surface area contributed by atoms with E-state index >= 15 is 0 Å². The predicted octanol–water partition coefficient (Wildman–Crippen LogP) is 2.92. The zero-order valence-electron chi connectivity index (χ0n) is 13.8. The molecule has 2 aliphatic rings. The molecule has 0 atom stereocenters. The first-order chi connectivity index (χ1) is 12.0. The number of nitrogens with zero attached hydrogens (tertiary/aromatic N) is 2. The molecular weight excluding hydrogens is 325 g/mol. The highest BCUT2D eigenvalue weighted by Crippen LogP contribution is 2.51. The number of anilines is 2. The van der Waals surface area contributed by atoms with Gasteiger partial charge in [-0.3, -0.25) is 14.9 Å². The van der Waals surface area contributed by atoms with Crippen molar-refractivity contribution < 1.29 is 18.5 Å². The summed E-state index contributed by atoms with van der Waals surface area (Å²) in [5.74, 6) is -1.11. The van der Waals surface area contributed by atoms with Gasteiger partial charge >= 0.3 is 11.8 Å². The Morgan fingerprint density at radius 1 is 1.32 bits per heavy atom. The number of nitrogens with one attached hydrogen (secondary N) is 1. The van der Waals surface area contributed by atoms with Crippen LogP contribution in [0.3, 0.4) is 0 Å². The van der Waals surface area contributed by atoms with Crippen LogP contribution in [-0.2, 0) is 15.0 Å². The summed E-state index contributed by atoms with van der Waals surface area (Å²) >= 11 is 0. The maximum absolute atomic E-state index is 14.5. The van der Waals surface area contributed by atoms with E-state index in [1.807, 2.05) is 0 Å². The second-order valence-electron chi connectivity index (χ2n) is 6.79. The van der Waals surface area contributed by atoms with Crippen molar-refractivity contribution >= 4 is 23.3 Å². The van der Waals surface area contributed by atoms with Crippen LogP contribution in [0.15, 0.2) is 28.8 Å². The molecule has 0 radical (unpaired) electrons. The minimum atomic E-state index is -0.807. The summed E-state index contributed by atoms with van der Waals surface area (Å²) in [6.45, 7) is 2.03. The molecule has 1 spiro atoms. The van der Waals surface area contributed by atoms with Crippen LogP contribution in [-0.4, -0.2) is 23.5 Å². The van der Waals surface area contributed by atoms with Gasteiger partial charge in [-0.1, -0.05) is 24.1 Å². The molecule has 2 aromatic rings. The predicted molar refractivity (Wildman–Crippen MR) is 88.8 cm³/mol. The van der Waals surface area contributed by atoms with Crippen LogP contribution in [0.4, 0.5) is 15.9 Å². The van der Waals surface area contributed by atoms with Crippen LogP contribution in [0.25, 0.3) is 0 Å². The molecule has 2 heterocycles. The molecule has 1 aromatic heterocycles. The second-order valence-corrected chi connectivity index (χ2v) is 6.79. The highest BCUT2D eigenvalue weighted by Gasteiger charge is 2.48. The summed E-state index contributed by atoms with van der Waals surface area (Å²) in [5.41, 5.74) is 0.700. The fourth-order valence-electron chi connectivity index (χ4n) is 4.09. The van der Waals surface area contributed by atoms with Crippen LogP contribution in [0.2, 0.25) is 0 Å². The Kier molecular flexibility index (Phi) is 3.59. The number of benzene rings is 1. The van der Waals surface area contributed by atoms with E-state index in [1.54, 1.807) is 19.1 Å². The molecule has 1 aliphatic heterocycles. The van der Waals surface area contributed by atoms with Crippen molar-refractivity contribution in [2.45, 2.75) is 38.0 Å². The first-order valence-corrected chi connectivity index (χ1v) is 8.35. The lowest BCUT2D eigenvalue weighted by Gasteiger charge is -2.24. The molecule has 2 amide bonds. The highest BCUT2D eigenvalue weighted by molar-refractivity contribution is 6.44. The molecule has 0 saturated heterocycles. The van der Waals surface area contributed by atoms with Crippen molar-refractivity contribution in [3.63, 3.8) is 0 Å². The summed E-state index contributed by atoms with van der Waals surface area (Å²) in [4.78, 5) is 26.4. The van der Waals surface area contributed by atoms with Gasteiger partial charge in [0.05, 0.1) is 5.69 Å². The zero-order valence-corrected chi connectivity index (χ0v) is 13.8. The lowest BCUT2D eigenvalue weighted by Crippen LogP contribution is -2.42. The van der Waals surface area contributed by atoms with Gasteiger partial charge in [-0.2, -0.15) is 0 Å².